The summed E-state index contributed by atoms with van der Waals surface area (Å²) in [6, 6.07) is 17.4. The fourth-order valence-corrected chi connectivity index (χ4v) is 5.16. The molecule has 0 saturated heterocycles. The van der Waals surface area contributed by atoms with E-state index in [0.717, 1.165) is 58.6 Å². The van der Waals surface area contributed by atoms with Gasteiger partial charge in [0.25, 0.3) is 0 Å². The minimum Gasteiger partial charge on any atom is -0.362 e. The molecule has 4 rings (SSSR count). The Morgan fingerprint density at radius 1 is 0.969 bits per heavy atom. The van der Waals surface area contributed by atoms with Crippen molar-refractivity contribution in [3.05, 3.63) is 59.1 Å². The Morgan fingerprint density at radius 3 is 2.44 bits per heavy atom. The molecule has 1 aliphatic rings. The lowest BCUT2D eigenvalue weighted by molar-refractivity contribution is 0.359. The Balaban J connectivity index is 1.20. The molecule has 2 aromatic carbocycles. The SMILES string of the molecule is CN(C)c1nc(NC2CCC(NCCSCc3ccc(Cl)cc3)CC2)nc2ccccc12. The lowest BCUT2D eigenvalue weighted by Crippen LogP contribution is -2.38. The number of benzene rings is 2. The summed E-state index contributed by atoms with van der Waals surface area (Å²) in [6.45, 7) is 1.06. The first-order chi connectivity index (χ1) is 15.6. The van der Waals surface area contributed by atoms with Gasteiger partial charge in [0, 0.05) is 54.6 Å². The van der Waals surface area contributed by atoms with E-state index >= 15 is 0 Å². The van der Waals surface area contributed by atoms with Gasteiger partial charge in [0.05, 0.1) is 5.52 Å². The van der Waals surface area contributed by atoms with E-state index in [1.165, 1.54) is 18.4 Å². The van der Waals surface area contributed by atoms with Crippen molar-refractivity contribution in [1.82, 2.24) is 15.3 Å². The van der Waals surface area contributed by atoms with E-state index in [1.807, 2.05) is 50.1 Å². The third kappa shape index (κ3) is 6.27. The van der Waals surface area contributed by atoms with E-state index in [4.69, 9.17) is 21.6 Å². The second-order valence-electron chi connectivity index (χ2n) is 8.61. The van der Waals surface area contributed by atoms with Gasteiger partial charge in [-0.2, -0.15) is 16.7 Å². The van der Waals surface area contributed by atoms with Crippen LogP contribution in [-0.4, -0.2) is 48.4 Å². The number of thioether (sulfide) groups is 1. The third-order valence-corrected chi connectivity index (χ3v) is 7.21. The van der Waals surface area contributed by atoms with Crippen LogP contribution in [0.5, 0.6) is 0 Å². The number of rotatable bonds is 9. The molecule has 3 aromatic rings. The average molecular weight is 470 g/mol. The van der Waals surface area contributed by atoms with E-state index < -0.39 is 0 Å². The molecule has 0 atom stereocenters. The third-order valence-electron chi connectivity index (χ3n) is 5.93. The minimum atomic E-state index is 0.434. The summed E-state index contributed by atoms with van der Waals surface area (Å²) >= 11 is 7.92. The molecule has 1 saturated carbocycles. The predicted molar refractivity (Wildman–Crippen MR) is 139 cm³/mol. The molecule has 7 heteroatoms. The highest BCUT2D eigenvalue weighted by atomic mass is 35.5. The monoisotopic (exact) mass is 469 g/mol. The molecule has 0 spiro atoms. The van der Waals surface area contributed by atoms with Crippen LogP contribution in [0.15, 0.2) is 48.5 Å². The minimum absolute atomic E-state index is 0.434. The normalized spacial score (nSPS) is 18.6. The Kier molecular flexibility index (Phi) is 8.11. The van der Waals surface area contributed by atoms with Gasteiger partial charge < -0.3 is 15.5 Å². The molecule has 0 bridgehead atoms. The summed E-state index contributed by atoms with van der Waals surface area (Å²) in [4.78, 5) is 11.6. The molecule has 1 heterocycles. The second kappa shape index (κ2) is 11.2. The van der Waals surface area contributed by atoms with Crippen LogP contribution in [0, 0.1) is 0 Å². The van der Waals surface area contributed by atoms with Crippen LogP contribution in [-0.2, 0) is 5.75 Å². The number of hydrogen-bond acceptors (Lipinski definition) is 6. The van der Waals surface area contributed by atoms with Gasteiger partial charge in [0.15, 0.2) is 0 Å². The number of anilines is 2. The molecular formula is C25H32ClN5S. The Bertz CT molecular complexity index is 1000. The van der Waals surface area contributed by atoms with E-state index in [1.54, 1.807) is 0 Å². The number of hydrogen-bond donors (Lipinski definition) is 2. The summed E-state index contributed by atoms with van der Waals surface area (Å²) < 4.78 is 0. The zero-order chi connectivity index (χ0) is 22.3. The highest BCUT2D eigenvalue weighted by Crippen LogP contribution is 2.26. The van der Waals surface area contributed by atoms with Crippen LogP contribution in [0.3, 0.4) is 0 Å². The number of para-hydroxylation sites is 1. The predicted octanol–water partition coefficient (Wildman–Crippen LogP) is 5.60. The van der Waals surface area contributed by atoms with Crippen molar-refractivity contribution in [2.75, 3.05) is 36.6 Å². The average Bonchev–Trinajstić information content (AvgIpc) is 2.80. The lowest BCUT2D eigenvalue weighted by Gasteiger charge is -2.30. The molecular weight excluding hydrogens is 438 g/mol. The summed E-state index contributed by atoms with van der Waals surface area (Å²) in [5.74, 6) is 3.86. The fourth-order valence-electron chi connectivity index (χ4n) is 4.20. The van der Waals surface area contributed by atoms with Crippen molar-refractivity contribution in [1.29, 1.82) is 0 Å². The van der Waals surface area contributed by atoms with Gasteiger partial charge in [-0.3, -0.25) is 0 Å². The first-order valence-corrected chi connectivity index (χ1v) is 12.9. The van der Waals surface area contributed by atoms with Crippen LogP contribution < -0.4 is 15.5 Å². The molecule has 0 radical (unpaired) electrons. The topological polar surface area (TPSA) is 53.1 Å². The first-order valence-electron chi connectivity index (χ1n) is 11.3. The van der Waals surface area contributed by atoms with Crippen molar-refractivity contribution >= 4 is 46.0 Å². The molecule has 0 aliphatic heterocycles. The van der Waals surface area contributed by atoms with Gasteiger partial charge in [-0.05, 0) is 55.5 Å². The lowest BCUT2D eigenvalue weighted by atomic mass is 9.91. The Labute approximate surface area is 200 Å². The highest BCUT2D eigenvalue weighted by molar-refractivity contribution is 7.98. The van der Waals surface area contributed by atoms with Crippen molar-refractivity contribution in [3.63, 3.8) is 0 Å². The smallest absolute Gasteiger partial charge is 0.225 e. The van der Waals surface area contributed by atoms with Gasteiger partial charge in [-0.25, -0.2) is 4.98 Å². The number of halogens is 1. The van der Waals surface area contributed by atoms with Gasteiger partial charge in [-0.15, -0.1) is 0 Å². The van der Waals surface area contributed by atoms with Gasteiger partial charge in [0.1, 0.15) is 5.82 Å². The molecule has 1 fully saturated rings. The molecule has 2 N–H and O–H groups in total. The largest absolute Gasteiger partial charge is 0.362 e. The molecule has 5 nitrogen and oxygen atoms in total. The maximum atomic E-state index is 5.95. The van der Waals surface area contributed by atoms with Crippen LogP contribution in [0.2, 0.25) is 5.02 Å². The Morgan fingerprint density at radius 2 is 1.69 bits per heavy atom. The second-order valence-corrected chi connectivity index (χ2v) is 10.2. The molecule has 0 unspecified atom stereocenters. The summed E-state index contributed by atoms with van der Waals surface area (Å²) in [5.41, 5.74) is 2.32. The highest BCUT2D eigenvalue weighted by Gasteiger charge is 2.21. The standard InChI is InChI=1S/C25H32ClN5S/c1-31(2)24-22-5-3-4-6-23(22)29-25(30-24)28-21-13-11-20(12-14-21)27-15-16-32-17-18-7-9-19(26)10-8-18/h3-10,20-21,27H,11-17H2,1-2H3,(H,28,29,30). The van der Waals surface area contributed by atoms with Gasteiger partial charge >= 0.3 is 0 Å². The van der Waals surface area contributed by atoms with Crippen LogP contribution in [0.4, 0.5) is 11.8 Å². The molecule has 170 valence electrons. The maximum Gasteiger partial charge on any atom is 0.225 e. The van der Waals surface area contributed by atoms with E-state index in [2.05, 4.69) is 39.8 Å². The maximum absolute atomic E-state index is 5.95. The van der Waals surface area contributed by atoms with E-state index in [0.29, 0.717) is 12.1 Å². The molecule has 0 amide bonds. The van der Waals surface area contributed by atoms with Gasteiger partial charge in [0.2, 0.25) is 5.95 Å². The summed E-state index contributed by atoms with van der Waals surface area (Å²) in [5, 5.41) is 9.23. The Hall–Kier alpha value is -2.02. The van der Waals surface area contributed by atoms with Crippen molar-refractivity contribution in [2.45, 2.75) is 43.5 Å². The van der Waals surface area contributed by atoms with E-state index in [9.17, 15) is 0 Å². The molecule has 32 heavy (non-hydrogen) atoms. The summed E-state index contributed by atoms with van der Waals surface area (Å²) in [7, 11) is 4.06. The quantitative estimate of drug-likeness (QED) is 0.398. The summed E-state index contributed by atoms with van der Waals surface area (Å²) in [6.07, 6.45) is 4.66. The van der Waals surface area contributed by atoms with E-state index in [-0.39, 0.29) is 0 Å². The van der Waals surface area contributed by atoms with Crippen molar-refractivity contribution in [2.24, 2.45) is 0 Å². The number of nitrogens with zero attached hydrogens (tertiary/aromatic N) is 3. The van der Waals surface area contributed by atoms with Crippen LogP contribution >= 0.6 is 23.4 Å². The number of aromatic nitrogens is 2. The zero-order valence-corrected chi connectivity index (χ0v) is 20.4. The van der Waals surface area contributed by atoms with Crippen molar-refractivity contribution < 1.29 is 0 Å². The zero-order valence-electron chi connectivity index (χ0n) is 18.9. The fraction of sp³-hybridized carbons (Fsp3) is 0.440. The number of fused-ring (bicyclic) bond motifs is 1. The molecule has 1 aromatic heterocycles. The van der Waals surface area contributed by atoms with Crippen LogP contribution in [0.25, 0.3) is 10.9 Å². The van der Waals surface area contributed by atoms with Crippen LogP contribution in [0.1, 0.15) is 31.2 Å². The van der Waals surface area contributed by atoms with Crippen molar-refractivity contribution in [3.8, 4) is 0 Å². The van der Waals surface area contributed by atoms with Gasteiger partial charge in [-0.1, -0.05) is 35.9 Å². The first kappa shape index (κ1) is 23.1. The molecule has 1 aliphatic carbocycles. The number of nitrogens with one attached hydrogen (secondary N) is 2.